The van der Waals surface area contributed by atoms with Crippen molar-refractivity contribution >= 4 is 20.7 Å². The fourth-order valence-electron chi connectivity index (χ4n) is 1.43. The molecule has 0 spiro atoms. The molecule has 2 atom stereocenters. The van der Waals surface area contributed by atoms with Gasteiger partial charge in [-0.1, -0.05) is 36.4 Å². The number of hydrogen-bond acceptors (Lipinski definition) is 2. The molecule has 2 aromatic rings. The predicted molar refractivity (Wildman–Crippen MR) is 74.1 cm³/mol. The summed E-state index contributed by atoms with van der Waals surface area (Å²) in [5, 5.41) is 0. The van der Waals surface area contributed by atoms with E-state index in [1.165, 1.54) is 6.26 Å². The number of benzene rings is 2. The van der Waals surface area contributed by atoms with Crippen LogP contribution in [-0.4, -0.2) is 14.7 Å². The van der Waals surface area contributed by atoms with Crippen LogP contribution in [-0.2, 0) is 20.7 Å². The molecular formula is C13H13NO2S2. The number of nitrogens with zero attached hydrogens (tertiary/aromatic N) is 1. The van der Waals surface area contributed by atoms with Gasteiger partial charge in [-0.3, -0.25) is 0 Å². The molecule has 0 saturated carbocycles. The number of rotatable bonds is 3. The minimum absolute atomic E-state index is 0.558. The van der Waals surface area contributed by atoms with Crippen LogP contribution in [0.2, 0.25) is 0 Å². The van der Waals surface area contributed by atoms with E-state index >= 15 is 0 Å². The lowest BCUT2D eigenvalue weighted by molar-refractivity contribution is 0.677. The Balaban J connectivity index is 2.40. The largest absolute Gasteiger partial charge is 0.244 e. The van der Waals surface area contributed by atoms with E-state index in [-0.39, 0.29) is 0 Å². The van der Waals surface area contributed by atoms with Gasteiger partial charge in [0.1, 0.15) is 0 Å². The second-order valence-corrected chi connectivity index (χ2v) is 7.39. The molecule has 5 heteroatoms. The molecule has 94 valence electrons. The molecule has 0 saturated heterocycles. The molecule has 2 unspecified atom stereocenters. The van der Waals surface area contributed by atoms with E-state index in [2.05, 4.69) is 3.77 Å². The summed E-state index contributed by atoms with van der Waals surface area (Å²) in [5.74, 6) is 0. The molecule has 0 N–H and O–H groups in total. The maximum atomic E-state index is 12.4. The van der Waals surface area contributed by atoms with Gasteiger partial charge in [0.2, 0.25) is 0 Å². The predicted octanol–water partition coefficient (Wildman–Crippen LogP) is 2.87. The van der Waals surface area contributed by atoms with E-state index in [9.17, 15) is 8.42 Å². The van der Waals surface area contributed by atoms with Gasteiger partial charge in [-0.15, -0.1) is 3.77 Å². The topological polar surface area (TPSA) is 46.5 Å². The molecule has 0 amide bonds. The van der Waals surface area contributed by atoms with E-state index in [1.807, 2.05) is 12.1 Å². The van der Waals surface area contributed by atoms with E-state index < -0.39 is 20.7 Å². The lowest BCUT2D eigenvalue weighted by Crippen LogP contribution is -2.00. The third-order valence-electron chi connectivity index (χ3n) is 2.34. The average Bonchev–Trinajstić information content (AvgIpc) is 2.40. The molecule has 2 aromatic carbocycles. The second-order valence-electron chi connectivity index (χ2n) is 3.75. The van der Waals surface area contributed by atoms with Crippen molar-refractivity contribution in [3.63, 3.8) is 0 Å². The molecule has 0 aliphatic heterocycles. The third-order valence-corrected chi connectivity index (χ3v) is 5.84. The Morgan fingerprint density at radius 3 is 2.00 bits per heavy atom. The Labute approximate surface area is 110 Å². The Kier molecular flexibility index (Phi) is 3.93. The van der Waals surface area contributed by atoms with Crippen LogP contribution in [0, 0.1) is 0 Å². The van der Waals surface area contributed by atoms with Crippen LogP contribution in [0.25, 0.3) is 0 Å². The first-order valence-electron chi connectivity index (χ1n) is 5.34. The van der Waals surface area contributed by atoms with Gasteiger partial charge in [0.25, 0.3) is 0 Å². The highest BCUT2D eigenvalue weighted by atomic mass is 32.3. The van der Waals surface area contributed by atoms with E-state index in [0.717, 1.165) is 0 Å². The molecule has 0 aromatic heterocycles. The Bertz CT molecular complexity index is 660. The fourth-order valence-corrected chi connectivity index (χ4v) is 4.20. The van der Waals surface area contributed by atoms with Crippen molar-refractivity contribution in [2.75, 3.05) is 6.26 Å². The summed E-state index contributed by atoms with van der Waals surface area (Å²) >= 11 is 0. The van der Waals surface area contributed by atoms with Crippen LogP contribution in [0.4, 0.5) is 0 Å². The standard InChI is InChI=1S/C13H13NO2S2/c1-18(16,13-10-6-3-7-11-13)14-17(15)12-8-4-2-5-9-12/h2-11H,1H3. The van der Waals surface area contributed by atoms with E-state index in [4.69, 9.17) is 0 Å². The Hall–Kier alpha value is -1.46. The van der Waals surface area contributed by atoms with Crippen LogP contribution in [0.15, 0.2) is 74.2 Å². The van der Waals surface area contributed by atoms with Crippen molar-refractivity contribution in [1.29, 1.82) is 0 Å². The smallest absolute Gasteiger partial charge is 0.181 e. The lowest BCUT2D eigenvalue weighted by atomic mass is 10.4. The zero-order chi connectivity index (χ0) is 13.0. The zero-order valence-corrected chi connectivity index (χ0v) is 11.5. The van der Waals surface area contributed by atoms with Crippen molar-refractivity contribution in [1.82, 2.24) is 0 Å². The summed E-state index contributed by atoms with van der Waals surface area (Å²) in [7, 11) is -4.24. The molecule has 0 bridgehead atoms. The van der Waals surface area contributed by atoms with Crippen molar-refractivity contribution in [3.8, 4) is 0 Å². The van der Waals surface area contributed by atoms with E-state index in [0.29, 0.717) is 9.79 Å². The van der Waals surface area contributed by atoms with Crippen molar-refractivity contribution in [3.05, 3.63) is 60.7 Å². The quantitative estimate of drug-likeness (QED) is 0.867. The molecule has 0 radical (unpaired) electrons. The van der Waals surface area contributed by atoms with Crippen LogP contribution in [0.3, 0.4) is 0 Å². The highest BCUT2D eigenvalue weighted by Crippen LogP contribution is 2.15. The molecule has 2 rings (SSSR count). The van der Waals surface area contributed by atoms with Crippen LogP contribution < -0.4 is 0 Å². The zero-order valence-electron chi connectivity index (χ0n) is 9.85. The molecule has 18 heavy (non-hydrogen) atoms. The summed E-state index contributed by atoms with van der Waals surface area (Å²) in [5.41, 5.74) is 0. The summed E-state index contributed by atoms with van der Waals surface area (Å²) in [6.45, 7) is 0. The van der Waals surface area contributed by atoms with Gasteiger partial charge < -0.3 is 0 Å². The first kappa shape index (κ1) is 13.0. The van der Waals surface area contributed by atoms with E-state index in [1.54, 1.807) is 48.5 Å². The van der Waals surface area contributed by atoms with Crippen LogP contribution in [0.5, 0.6) is 0 Å². The SMILES string of the molecule is CS(=O)(=NS(=O)c1ccccc1)c1ccccc1. The molecule has 0 aliphatic carbocycles. The lowest BCUT2D eigenvalue weighted by Gasteiger charge is -2.03. The Morgan fingerprint density at radius 1 is 0.944 bits per heavy atom. The molecule has 3 nitrogen and oxygen atoms in total. The Morgan fingerprint density at radius 2 is 1.44 bits per heavy atom. The second kappa shape index (κ2) is 5.46. The maximum absolute atomic E-state index is 12.4. The number of hydrogen-bond donors (Lipinski definition) is 0. The molecular weight excluding hydrogens is 266 g/mol. The third kappa shape index (κ3) is 3.05. The van der Waals surface area contributed by atoms with Crippen molar-refractivity contribution in [2.24, 2.45) is 3.77 Å². The average molecular weight is 279 g/mol. The summed E-state index contributed by atoms with van der Waals surface area (Å²) in [4.78, 5) is 1.15. The maximum Gasteiger partial charge on any atom is 0.181 e. The van der Waals surface area contributed by atoms with Gasteiger partial charge in [0.15, 0.2) is 11.0 Å². The highest BCUT2D eigenvalue weighted by molar-refractivity contribution is 8.00. The van der Waals surface area contributed by atoms with Gasteiger partial charge >= 0.3 is 0 Å². The van der Waals surface area contributed by atoms with Gasteiger partial charge in [0.05, 0.1) is 14.6 Å². The summed E-state index contributed by atoms with van der Waals surface area (Å²) in [6.07, 6.45) is 1.50. The van der Waals surface area contributed by atoms with Crippen LogP contribution in [0.1, 0.15) is 0 Å². The molecule has 0 aliphatic rings. The molecule has 0 heterocycles. The first-order valence-corrected chi connectivity index (χ1v) is 8.37. The highest BCUT2D eigenvalue weighted by Gasteiger charge is 2.09. The van der Waals surface area contributed by atoms with Gasteiger partial charge in [-0.25, -0.2) is 8.42 Å². The summed E-state index contributed by atoms with van der Waals surface area (Å²) in [6, 6.07) is 17.7. The van der Waals surface area contributed by atoms with Crippen LogP contribution >= 0.6 is 0 Å². The van der Waals surface area contributed by atoms with Gasteiger partial charge in [-0.2, -0.15) is 0 Å². The normalized spacial score (nSPS) is 15.6. The summed E-state index contributed by atoms with van der Waals surface area (Å²) < 4.78 is 28.4. The minimum Gasteiger partial charge on any atom is -0.244 e. The van der Waals surface area contributed by atoms with Gasteiger partial charge in [0, 0.05) is 11.2 Å². The molecule has 0 fully saturated rings. The monoisotopic (exact) mass is 279 g/mol. The fraction of sp³-hybridized carbons (Fsp3) is 0.0769. The minimum atomic E-state index is -2.63. The first-order chi connectivity index (χ1) is 8.59. The van der Waals surface area contributed by atoms with Crippen molar-refractivity contribution < 1.29 is 8.42 Å². The van der Waals surface area contributed by atoms with Gasteiger partial charge in [-0.05, 0) is 24.3 Å². The van der Waals surface area contributed by atoms with Crippen molar-refractivity contribution in [2.45, 2.75) is 9.79 Å².